The van der Waals surface area contributed by atoms with Gasteiger partial charge in [0.25, 0.3) is 0 Å². The molecule has 1 N–H and O–H groups in total. The van der Waals surface area contributed by atoms with Crippen molar-refractivity contribution in [1.82, 2.24) is 4.98 Å². The fraction of sp³-hybridized carbons (Fsp3) is 0.231. The van der Waals surface area contributed by atoms with Crippen molar-refractivity contribution in [2.45, 2.75) is 6.92 Å². The molecule has 0 bridgehead atoms. The van der Waals surface area contributed by atoms with Crippen LogP contribution in [0.25, 0.3) is 0 Å². The van der Waals surface area contributed by atoms with E-state index >= 15 is 0 Å². The fourth-order valence-corrected chi connectivity index (χ4v) is 2.20. The van der Waals surface area contributed by atoms with Gasteiger partial charge in [0.15, 0.2) is 22.4 Å². The molecule has 106 valence electrons. The van der Waals surface area contributed by atoms with Gasteiger partial charge in [-0.05, 0) is 19.1 Å². The van der Waals surface area contributed by atoms with Gasteiger partial charge in [-0.1, -0.05) is 0 Å². The highest BCUT2D eigenvalue weighted by Crippen LogP contribution is 2.25. The summed E-state index contributed by atoms with van der Waals surface area (Å²) in [5, 5.41) is 4.98. The molecule has 1 aromatic carbocycles. The minimum absolute atomic E-state index is 0.168. The highest BCUT2D eigenvalue weighted by Gasteiger charge is 2.12. The molecule has 0 saturated carbocycles. The van der Waals surface area contributed by atoms with Crippen molar-refractivity contribution in [3.63, 3.8) is 0 Å². The van der Waals surface area contributed by atoms with E-state index in [0.29, 0.717) is 17.4 Å². The van der Waals surface area contributed by atoms with Crippen LogP contribution in [-0.2, 0) is 4.74 Å². The topological polar surface area (TPSA) is 60.5 Å². The van der Waals surface area contributed by atoms with Gasteiger partial charge >= 0.3 is 5.97 Å². The minimum Gasteiger partial charge on any atom is -0.494 e. The van der Waals surface area contributed by atoms with Crippen molar-refractivity contribution < 1.29 is 18.7 Å². The highest BCUT2D eigenvalue weighted by molar-refractivity contribution is 7.14. The first-order chi connectivity index (χ1) is 9.63. The van der Waals surface area contributed by atoms with Gasteiger partial charge in [-0.3, -0.25) is 0 Å². The molecule has 0 amide bonds. The van der Waals surface area contributed by atoms with Crippen molar-refractivity contribution in [3.05, 3.63) is 35.1 Å². The Bertz CT molecular complexity index is 615. The molecule has 7 heteroatoms. The normalized spacial score (nSPS) is 10.2. The van der Waals surface area contributed by atoms with Crippen LogP contribution in [0.4, 0.5) is 15.2 Å². The number of nitrogens with one attached hydrogen (secondary N) is 1. The Morgan fingerprint density at radius 1 is 1.50 bits per heavy atom. The summed E-state index contributed by atoms with van der Waals surface area (Å²) in [6.45, 7) is 2.02. The monoisotopic (exact) mass is 296 g/mol. The number of nitrogens with zero attached hydrogens (tertiary/aromatic N) is 1. The van der Waals surface area contributed by atoms with Crippen LogP contribution < -0.4 is 10.1 Å². The second-order valence-electron chi connectivity index (χ2n) is 3.73. The molecule has 0 fully saturated rings. The van der Waals surface area contributed by atoms with Crippen LogP contribution in [0, 0.1) is 5.82 Å². The Morgan fingerprint density at radius 2 is 2.30 bits per heavy atom. The molecule has 0 saturated heterocycles. The summed E-state index contributed by atoms with van der Waals surface area (Å²) in [4.78, 5) is 15.5. The Balaban J connectivity index is 2.10. The molecule has 0 radical (unpaired) electrons. The second-order valence-corrected chi connectivity index (χ2v) is 4.59. The second kappa shape index (κ2) is 6.33. The van der Waals surface area contributed by atoms with E-state index < -0.39 is 11.8 Å². The van der Waals surface area contributed by atoms with E-state index in [1.807, 2.05) is 0 Å². The molecule has 2 aromatic rings. The number of aromatic nitrogens is 1. The van der Waals surface area contributed by atoms with Crippen LogP contribution in [0.1, 0.15) is 17.4 Å². The van der Waals surface area contributed by atoms with E-state index in [2.05, 4.69) is 10.3 Å². The number of methoxy groups -OCH3 is 1. The SMILES string of the molecule is CCOC(=O)c1csc(Nc2ccc(OC)c(F)c2)n1. The maximum atomic E-state index is 13.5. The number of halogens is 1. The van der Waals surface area contributed by atoms with Gasteiger partial charge in [-0.25, -0.2) is 14.2 Å². The summed E-state index contributed by atoms with van der Waals surface area (Å²) in [6.07, 6.45) is 0. The number of anilines is 2. The smallest absolute Gasteiger partial charge is 0.357 e. The van der Waals surface area contributed by atoms with Crippen LogP contribution in [0.2, 0.25) is 0 Å². The molecule has 0 aliphatic rings. The third-order valence-electron chi connectivity index (χ3n) is 2.39. The zero-order chi connectivity index (χ0) is 14.5. The number of ether oxygens (including phenoxy) is 2. The predicted octanol–water partition coefficient (Wildman–Crippen LogP) is 3.21. The van der Waals surface area contributed by atoms with Gasteiger partial charge in [0.2, 0.25) is 0 Å². The van der Waals surface area contributed by atoms with Crippen molar-refractivity contribution in [2.24, 2.45) is 0 Å². The van der Waals surface area contributed by atoms with E-state index in [1.54, 1.807) is 18.4 Å². The van der Waals surface area contributed by atoms with E-state index in [0.717, 1.165) is 0 Å². The number of esters is 1. The van der Waals surface area contributed by atoms with Gasteiger partial charge in [-0.2, -0.15) is 0 Å². The Kier molecular flexibility index (Phi) is 4.52. The molecule has 0 aliphatic carbocycles. The number of carbonyl (C=O) groups is 1. The molecular formula is C13H13FN2O3S. The Labute approximate surface area is 119 Å². The minimum atomic E-state index is -0.474. The maximum Gasteiger partial charge on any atom is 0.357 e. The van der Waals surface area contributed by atoms with Gasteiger partial charge in [-0.15, -0.1) is 11.3 Å². The average molecular weight is 296 g/mol. The lowest BCUT2D eigenvalue weighted by Gasteiger charge is -2.05. The van der Waals surface area contributed by atoms with Crippen molar-refractivity contribution in [3.8, 4) is 5.75 Å². The first-order valence-corrected chi connectivity index (χ1v) is 6.75. The Morgan fingerprint density at radius 3 is 2.95 bits per heavy atom. The number of hydrogen-bond acceptors (Lipinski definition) is 6. The van der Waals surface area contributed by atoms with Gasteiger partial charge in [0, 0.05) is 17.1 Å². The van der Waals surface area contributed by atoms with Crippen LogP contribution >= 0.6 is 11.3 Å². The van der Waals surface area contributed by atoms with Crippen LogP contribution in [0.5, 0.6) is 5.75 Å². The molecule has 0 spiro atoms. The summed E-state index contributed by atoms with van der Waals surface area (Å²) in [5.74, 6) is -0.778. The number of rotatable bonds is 5. The lowest BCUT2D eigenvalue weighted by molar-refractivity contribution is 0.0520. The fourth-order valence-electron chi connectivity index (χ4n) is 1.50. The number of thiazole rings is 1. The number of benzene rings is 1. The lowest BCUT2D eigenvalue weighted by Crippen LogP contribution is -2.05. The largest absolute Gasteiger partial charge is 0.494 e. The van der Waals surface area contributed by atoms with E-state index in [1.165, 1.54) is 30.6 Å². The molecule has 1 heterocycles. The summed E-state index contributed by atoms with van der Waals surface area (Å²) < 4.78 is 23.2. The summed E-state index contributed by atoms with van der Waals surface area (Å²) in [7, 11) is 1.40. The van der Waals surface area contributed by atoms with Gasteiger partial charge < -0.3 is 14.8 Å². The van der Waals surface area contributed by atoms with E-state index in [-0.39, 0.29) is 11.4 Å². The quantitative estimate of drug-likeness (QED) is 0.858. The van der Waals surface area contributed by atoms with Crippen LogP contribution in [-0.4, -0.2) is 24.7 Å². The zero-order valence-electron chi connectivity index (χ0n) is 11.0. The first kappa shape index (κ1) is 14.3. The standard InChI is InChI=1S/C13H13FN2O3S/c1-3-19-12(17)10-7-20-13(16-10)15-8-4-5-11(18-2)9(14)6-8/h4-7H,3H2,1-2H3,(H,15,16). The number of hydrogen-bond donors (Lipinski definition) is 1. The van der Waals surface area contributed by atoms with Crippen molar-refractivity contribution >= 4 is 28.1 Å². The van der Waals surface area contributed by atoms with Crippen molar-refractivity contribution in [2.75, 3.05) is 19.0 Å². The van der Waals surface area contributed by atoms with E-state index in [9.17, 15) is 9.18 Å². The molecule has 0 unspecified atom stereocenters. The zero-order valence-corrected chi connectivity index (χ0v) is 11.8. The first-order valence-electron chi connectivity index (χ1n) is 5.87. The summed E-state index contributed by atoms with van der Waals surface area (Å²) >= 11 is 1.24. The van der Waals surface area contributed by atoms with Crippen LogP contribution in [0.15, 0.2) is 23.6 Å². The third-order valence-corrected chi connectivity index (χ3v) is 3.15. The summed E-state index contributed by atoms with van der Waals surface area (Å²) in [5.41, 5.74) is 0.751. The molecular weight excluding hydrogens is 283 g/mol. The number of carbonyl (C=O) groups excluding carboxylic acids is 1. The molecule has 0 aliphatic heterocycles. The van der Waals surface area contributed by atoms with Crippen molar-refractivity contribution in [1.29, 1.82) is 0 Å². The van der Waals surface area contributed by atoms with Gasteiger partial charge in [0.05, 0.1) is 13.7 Å². The average Bonchev–Trinajstić information content (AvgIpc) is 2.88. The lowest BCUT2D eigenvalue weighted by atomic mass is 10.3. The molecule has 5 nitrogen and oxygen atoms in total. The maximum absolute atomic E-state index is 13.5. The van der Waals surface area contributed by atoms with Crippen LogP contribution in [0.3, 0.4) is 0 Å². The molecule has 20 heavy (non-hydrogen) atoms. The molecule has 1 aromatic heterocycles. The molecule has 0 atom stereocenters. The van der Waals surface area contributed by atoms with Gasteiger partial charge in [0.1, 0.15) is 0 Å². The highest BCUT2D eigenvalue weighted by atomic mass is 32.1. The predicted molar refractivity (Wildman–Crippen MR) is 74.3 cm³/mol. The Hall–Kier alpha value is -2.15. The van der Waals surface area contributed by atoms with E-state index in [4.69, 9.17) is 9.47 Å². The summed E-state index contributed by atoms with van der Waals surface area (Å²) in [6, 6.07) is 4.47. The third kappa shape index (κ3) is 3.24. The molecule has 2 rings (SSSR count).